The monoisotopic (exact) mass is 453 g/mol. The number of aryl methyl sites for hydroxylation is 1. The van der Waals surface area contributed by atoms with E-state index in [4.69, 9.17) is 4.74 Å². The molecule has 3 rings (SSSR count). The second-order valence-electron chi connectivity index (χ2n) is 7.26. The molecule has 0 saturated heterocycles. The van der Waals surface area contributed by atoms with E-state index in [9.17, 15) is 9.59 Å². The molecule has 0 fully saturated rings. The first kappa shape index (κ1) is 23.3. The Hall–Kier alpha value is -3.33. The van der Waals surface area contributed by atoms with Gasteiger partial charge in [0.25, 0.3) is 5.91 Å². The molecule has 168 valence electrons. The highest BCUT2D eigenvalue weighted by Gasteiger charge is 2.19. The van der Waals surface area contributed by atoms with Gasteiger partial charge >= 0.3 is 0 Å². The van der Waals surface area contributed by atoms with E-state index >= 15 is 0 Å². The van der Waals surface area contributed by atoms with Gasteiger partial charge in [0.1, 0.15) is 5.75 Å². The van der Waals surface area contributed by atoms with Gasteiger partial charge in [-0.2, -0.15) is 0 Å². The van der Waals surface area contributed by atoms with Crippen molar-refractivity contribution in [1.29, 1.82) is 0 Å². The Labute approximate surface area is 191 Å². The molecular formula is C23H27N5O3S. The van der Waals surface area contributed by atoms with Crippen LogP contribution < -0.4 is 15.4 Å². The lowest BCUT2D eigenvalue weighted by molar-refractivity contribution is -0.113. The number of aromatic nitrogens is 3. The summed E-state index contributed by atoms with van der Waals surface area (Å²) < 4.78 is 7.19. The normalized spacial score (nSPS) is 11.6. The van der Waals surface area contributed by atoms with Gasteiger partial charge in [0.05, 0.1) is 18.4 Å². The van der Waals surface area contributed by atoms with Gasteiger partial charge in [-0.25, -0.2) is 0 Å². The number of rotatable bonds is 9. The minimum atomic E-state index is -0.340. The molecule has 1 atom stereocenters. The summed E-state index contributed by atoms with van der Waals surface area (Å²) in [6, 6.07) is 14.3. The van der Waals surface area contributed by atoms with Gasteiger partial charge in [-0.15, -0.1) is 10.2 Å². The first-order valence-corrected chi connectivity index (χ1v) is 11.3. The predicted octanol–water partition coefficient (Wildman–Crippen LogP) is 3.74. The Morgan fingerprint density at radius 2 is 1.78 bits per heavy atom. The lowest BCUT2D eigenvalue weighted by atomic mass is 10.1. The van der Waals surface area contributed by atoms with Crippen molar-refractivity contribution < 1.29 is 14.3 Å². The molecule has 0 aliphatic carbocycles. The number of nitrogens with one attached hydrogen (secondary N) is 2. The van der Waals surface area contributed by atoms with E-state index < -0.39 is 0 Å². The number of hydrogen-bond donors (Lipinski definition) is 2. The van der Waals surface area contributed by atoms with E-state index in [1.165, 1.54) is 11.8 Å². The van der Waals surface area contributed by atoms with Crippen LogP contribution in [0.3, 0.4) is 0 Å². The molecule has 0 bridgehead atoms. The Balaban J connectivity index is 1.54. The highest BCUT2D eigenvalue weighted by Crippen LogP contribution is 2.20. The van der Waals surface area contributed by atoms with Crippen LogP contribution in [-0.2, 0) is 11.8 Å². The van der Waals surface area contributed by atoms with Gasteiger partial charge in [0, 0.05) is 18.3 Å². The molecule has 2 amide bonds. The summed E-state index contributed by atoms with van der Waals surface area (Å²) in [5.74, 6) is 1.23. The number of benzene rings is 2. The first-order chi connectivity index (χ1) is 15.4. The number of hydrogen-bond acceptors (Lipinski definition) is 6. The van der Waals surface area contributed by atoms with Crippen LogP contribution in [-0.4, -0.2) is 38.9 Å². The van der Waals surface area contributed by atoms with E-state index in [0.717, 1.165) is 11.3 Å². The predicted molar refractivity (Wildman–Crippen MR) is 125 cm³/mol. The van der Waals surface area contributed by atoms with Gasteiger partial charge in [-0.1, -0.05) is 29.5 Å². The fourth-order valence-electron chi connectivity index (χ4n) is 3.01. The first-order valence-electron chi connectivity index (χ1n) is 10.3. The summed E-state index contributed by atoms with van der Waals surface area (Å²) in [4.78, 5) is 24.8. The van der Waals surface area contributed by atoms with Crippen molar-refractivity contribution in [2.75, 3.05) is 17.7 Å². The van der Waals surface area contributed by atoms with Crippen molar-refractivity contribution in [2.24, 2.45) is 7.05 Å². The van der Waals surface area contributed by atoms with E-state index in [1.807, 2.05) is 52.1 Å². The Morgan fingerprint density at radius 3 is 2.44 bits per heavy atom. The number of nitrogens with zero attached hydrogens (tertiary/aromatic N) is 3. The maximum absolute atomic E-state index is 12.5. The second-order valence-corrected chi connectivity index (χ2v) is 8.20. The molecule has 0 radical (unpaired) electrons. The largest absolute Gasteiger partial charge is 0.494 e. The van der Waals surface area contributed by atoms with Gasteiger partial charge in [0.2, 0.25) is 5.91 Å². The fraction of sp³-hybridized carbons (Fsp3) is 0.304. The Morgan fingerprint density at radius 1 is 1.09 bits per heavy atom. The van der Waals surface area contributed by atoms with Crippen molar-refractivity contribution in [1.82, 2.24) is 20.1 Å². The van der Waals surface area contributed by atoms with E-state index in [2.05, 4.69) is 20.8 Å². The summed E-state index contributed by atoms with van der Waals surface area (Å²) in [5, 5.41) is 14.7. The molecule has 0 aliphatic rings. The third-order valence-corrected chi connectivity index (χ3v) is 5.72. The average molecular weight is 454 g/mol. The molecule has 0 aliphatic heterocycles. The number of amides is 2. The number of carbonyl (C=O) groups excluding carboxylic acids is 2. The zero-order valence-corrected chi connectivity index (χ0v) is 19.4. The number of anilines is 1. The van der Waals surface area contributed by atoms with Gasteiger partial charge in [-0.3, -0.25) is 9.59 Å². The summed E-state index contributed by atoms with van der Waals surface area (Å²) in [6.07, 6.45) is 0. The molecule has 3 aromatic rings. The Bertz CT molecular complexity index is 1060. The molecule has 0 unspecified atom stereocenters. The molecule has 0 spiro atoms. The maximum Gasteiger partial charge on any atom is 0.251 e. The van der Waals surface area contributed by atoms with Crippen molar-refractivity contribution in [3.05, 3.63) is 65.5 Å². The van der Waals surface area contributed by atoms with Crippen LogP contribution in [0, 0.1) is 6.92 Å². The summed E-state index contributed by atoms with van der Waals surface area (Å²) in [6.45, 7) is 6.34. The van der Waals surface area contributed by atoms with Gasteiger partial charge < -0.3 is 19.9 Å². The van der Waals surface area contributed by atoms with Crippen molar-refractivity contribution in [3.8, 4) is 5.75 Å². The molecule has 32 heavy (non-hydrogen) atoms. The summed E-state index contributed by atoms with van der Waals surface area (Å²) >= 11 is 1.28. The van der Waals surface area contributed by atoms with Crippen LogP contribution in [0.25, 0.3) is 0 Å². The number of carbonyl (C=O) groups is 2. The molecule has 2 N–H and O–H groups in total. The smallest absolute Gasteiger partial charge is 0.251 e. The molecule has 8 nitrogen and oxygen atoms in total. The molecule has 0 saturated carbocycles. The van der Waals surface area contributed by atoms with Crippen LogP contribution in [0.1, 0.15) is 41.6 Å². The third kappa shape index (κ3) is 6.10. The zero-order valence-electron chi connectivity index (χ0n) is 18.6. The lowest BCUT2D eigenvalue weighted by Crippen LogP contribution is -2.28. The van der Waals surface area contributed by atoms with Crippen LogP contribution in [0.5, 0.6) is 5.75 Å². The fourth-order valence-corrected chi connectivity index (χ4v) is 3.72. The minimum absolute atomic E-state index is 0.149. The second kappa shape index (κ2) is 10.8. The van der Waals surface area contributed by atoms with E-state index in [-0.39, 0.29) is 23.6 Å². The zero-order chi connectivity index (χ0) is 23.1. The van der Waals surface area contributed by atoms with Crippen LogP contribution in [0.15, 0.2) is 53.7 Å². The Kier molecular flexibility index (Phi) is 7.88. The summed E-state index contributed by atoms with van der Waals surface area (Å²) in [5.41, 5.74) is 2.38. The standard InChI is InChI=1S/C23H27N5O3S/c1-5-31-19-12-10-18(11-13-19)25-20(29)14-32-23-27-26-21(28(23)4)16(3)24-22(30)17-8-6-15(2)7-9-17/h6-13,16H,5,14H2,1-4H3,(H,24,30)(H,25,29)/t16-/m0/s1. The third-order valence-electron chi connectivity index (χ3n) is 4.70. The minimum Gasteiger partial charge on any atom is -0.494 e. The maximum atomic E-state index is 12.5. The van der Waals surface area contributed by atoms with Gasteiger partial charge in [-0.05, 0) is 57.2 Å². The van der Waals surface area contributed by atoms with E-state index in [1.54, 1.807) is 28.8 Å². The highest BCUT2D eigenvalue weighted by molar-refractivity contribution is 7.99. The average Bonchev–Trinajstić information content (AvgIpc) is 3.14. The van der Waals surface area contributed by atoms with Crippen molar-refractivity contribution in [2.45, 2.75) is 32.0 Å². The number of ether oxygens (including phenoxy) is 1. The number of thioether (sulfide) groups is 1. The van der Waals surface area contributed by atoms with Gasteiger partial charge in [0.15, 0.2) is 11.0 Å². The van der Waals surface area contributed by atoms with Crippen LogP contribution in [0.2, 0.25) is 0 Å². The lowest BCUT2D eigenvalue weighted by Gasteiger charge is -2.13. The van der Waals surface area contributed by atoms with Crippen molar-refractivity contribution >= 4 is 29.3 Å². The molecule has 1 heterocycles. The molecule has 1 aromatic heterocycles. The topological polar surface area (TPSA) is 98.1 Å². The molecular weight excluding hydrogens is 426 g/mol. The summed E-state index contributed by atoms with van der Waals surface area (Å²) in [7, 11) is 1.82. The molecule has 2 aromatic carbocycles. The van der Waals surface area contributed by atoms with Crippen LogP contribution >= 0.6 is 11.8 Å². The quantitative estimate of drug-likeness (QED) is 0.479. The van der Waals surface area contributed by atoms with E-state index in [0.29, 0.717) is 28.8 Å². The van der Waals surface area contributed by atoms with Crippen molar-refractivity contribution in [3.63, 3.8) is 0 Å². The molecule has 9 heteroatoms. The SMILES string of the molecule is CCOc1ccc(NC(=O)CSc2nnc([C@H](C)NC(=O)c3ccc(C)cc3)n2C)cc1. The highest BCUT2D eigenvalue weighted by atomic mass is 32.2. The van der Waals surface area contributed by atoms with Crippen LogP contribution in [0.4, 0.5) is 5.69 Å².